The van der Waals surface area contributed by atoms with Gasteiger partial charge in [-0.25, -0.2) is 0 Å². The van der Waals surface area contributed by atoms with Gasteiger partial charge in [-0.15, -0.1) is 10.2 Å². The number of benzene rings is 1. The molecule has 0 aliphatic carbocycles. The Kier molecular flexibility index (Phi) is 12.8. The van der Waals surface area contributed by atoms with E-state index in [-0.39, 0.29) is 13.2 Å². The standard InChI is InChI=1S/C29H40N4O9S/c1-7-8-9-14-33-24(16-39-22-12-10-17(2)11-13-22)31-32-29(33)43-28-25(30-18(3)34)27(41-21(6)37)26(40-20(5)36)23(42-28)15-38-19(4)35/h10-13,23,25-28H,7-9,14-16H2,1-6H3,(H,30,34)/t23-,25-,26+,27+,28+/m1/s1. The monoisotopic (exact) mass is 620 g/mol. The fourth-order valence-corrected chi connectivity index (χ4v) is 5.72. The number of nitrogens with zero attached hydrogens (tertiary/aromatic N) is 3. The Bertz CT molecular complexity index is 1250. The molecule has 3 rings (SSSR count). The van der Waals surface area contributed by atoms with Gasteiger partial charge in [0.1, 0.15) is 36.5 Å². The lowest BCUT2D eigenvalue weighted by Crippen LogP contribution is -2.65. The highest BCUT2D eigenvalue weighted by atomic mass is 32.2. The average Bonchev–Trinajstić information content (AvgIpc) is 3.31. The number of nitrogens with one attached hydrogen (secondary N) is 1. The molecule has 1 N–H and O–H groups in total. The number of aryl methyl sites for hydroxylation is 1. The molecule has 13 nitrogen and oxygen atoms in total. The van der Waals surface area contributed by atoms with Crippen molar-refractivity contribution in [1.82, 2.24) is 20.1 Å². The van der Waals surface area contributed by atoms with Crippen LogP contribution >= 0.6 is 11.8 Å². The van der Waals surface area contributed by atoms with Gasteiger partial charge in [0.2, 0.25) is 5.91 Å². The number of hydrogen-bond acceptors (Lipinski definition) is 12. The highest BCUT2D eigenvalue weighted by molar-refractivity contribution is 7.99. The lowest BCUT2D eigenvalue weighted by Gasteiger charge is -2.44. The Labute approximate surface area is 255 Å². The van der Waals surface area contributed by atoms with E-state index in [1.165, 1.54) is 27.7 Å². The lowest BCUT2D eigenvalue weighted by atomic mass is 9.97. The van der Waals surface area contributed by atoms with Gasteiger partial charge in [0, 0.05) is 34.2 Å². The molecule has 1 aromatic heterocycles. The van der Waals surface area contributed by atoms with E-state index in [4.69, 9.17) is 23.7 Å². The van der Waals surface area contributed by atoms with Gasteiger partial charge < -0.3 is 33.6 Å². The number of aromatic nitrogens is 3. The van der Waals surface area contributed by atoms with Gasteiger partial charge in [-0.05, 0) is 25.5 Å². The van der Waals surface area contributed by atoms with E-state index in [1.54, 1.807) is 0 Å². The second-order valence-electron chi connectivity index (χ2n) is 10.2. The summed E-state index contributed by atoms with van der Waals surface area (Å²) in [5.74, 6) is -1.03. The summed E-state index contributed by atoms with van der Waals surface area (Å²) in [5.41, 5.74) is 0.214. The number of thioether (sulfide) groups is 1. The van der Waals surface area contributed by atoms with E-state index in [0.29, 0.717) is 23.3 Å². The Morgan fingerprint density at radius 3 is 2.23 bits per heavy atom. The summed E-state index contributed by atoms with van der Waals surface area (Å²) in [6.07, 6.45) is -0.484. The van der Waals surface area contributed by atoms with Gasteiger partial charge in [0.25, 0.3) is 0 Å². The first-order valence-electron chi connectivity index (χ1n) is 14.2. The molecule has 1 saturated heterocycles. The molecule has 1 fully saturated rings. The SMILES string of the molecule is CCCCCn1c(COc2ccc(C)cc2)nnc1S[C@@H]1O[C@H](COC(C)=O)[C@H](OC(C)=O)[C@@H](OC(C)=O)[C@H]1NC(C)=O. The van der Waals surface area contributed by atoms with Crippen molar-refractivity contribution in [3.05, 3.63) is 35.7 Å². The summed E-state index contributed by atoms with van der Waals surface area (Å²) in [7, 11) is 0. The molecule has 0 radical (unpaired) electrons. The molecule has 14 heteroatoms. The van der Waals surface area contributed by atoms with E-state index >= 15 is 0 Å². The summed E-state index contributed by atoms with van der Waals surface area (Å²) in [4.78, 5) is 48.2. The van der Waals surface area contributed by atoms with Crippen LogP contribution in [-0.4, -0.2) is 75.0 Å². The van der Waals surface area contributed by atoms with Crippen molar-refractivity contribution in [2.45, 2.75) is 109 Å². The van der Waals surface area contributed by atoms with Crippen LogP contribution in [0.4, 0.5) is 0 Å². The number of hydrogen-bond donors (Lipinski definition) is 1. The van der Waals surface area contributed by atoms with Gasteiger partial charge in [-0.1, -0.05) is 49.2 Å². The van der Waals surface area contributed by atoms with Crippen molar-refractivity contribution >= 4 is 35.6 Å². The van der Waals surface area contributed by atoms with Crippen LogP contribution in [0.15, 0.2) is 29.4 Å². The summed E-state index contributed by atoms with van der Waals surface area (Å²) < 4.78 is 30.5. The number of esters is 3. The quantitative estimate of drug-likeness (QED) is 0.187. The van der Waals surface area contributed by atoms with Crippen LogP contribution in [0.3, 0.4) is 0 Å². The minimum atomic E-state index is -1.17. The van der Waals surface area contributed by atoms with E-state index in [9.17, 15) is 19.2 Å². The molecule has 236 valence electrons. The van der Waals surface area contributed by atoms with E-state index in [1.807, 2.05) is 35.8 Å². The van der Waals surface area contributed by atoms with Crippen molar-refractivity contribution in [3.8, 4) is 5.75 Å². The van der Waals surface area contributed by atoms with Crippen molar-refractivity contribution in [3.63, 3.8) is 0 Å². The number of amides is 1. The molecule has 5 atom stereocenters. The first-order valence-corrected chi connectivity index (χ1v) is 15.0. The zero-order chi connectivity index (χ0) is 31.5. The molecule has 0 unspecified atom stereocenters. The molecule has 1 aromatic carbocycles. The maximum absolute atomic E-state index is 12.3. The van der Waals surface area contributed by atoms with Gasteiger partial charge in [-0.3, -0.25) is 19.2 Å². The van der Waals surface area contributed by atoms with E-state index in [2.05, 4.69) is 22.4 Å². The maximum atomic E-state index is 12.3. The second-order valence-corrected chi connectivity index (χ2v) is 11.3. The van der Waals surface area contributed by atoms with Crippen LogP contribution in [0, 0.1) is 6.92 Å². The first kappa shape index (κ1) is 33.8. The summed E-state index contributed by atoms with van der Waals surface area (Å²) in [6, 6.07) is 6.72. The summed E-state index contributed by atoms with van der Waals surface area (Å²) in [5, 5.41) is 12.1. The van der Waals surface area contributed by atoms with Crippen molar-refractivity contribution < 1.29 is 42.9 Å². The van der Waals surface area contributed by atoms with Crippen molar-refractivity contribution in [2.24, 2.45) is 0 Å². The minimum Gasteiger partial charge on any atom is -0.486 e. The second kappa shape index (κ2) is 16.3. The molecule has 0 bridgehead atoms. The molecule has 43 heavy (non-hydrogen) atoms. The molecule has 0 spiro atoms. The highest BCUT2D eigenvalue weighted by Crippen LogP contribution is 2.36. The molecule has 2 heterocycles. The summed E-state index contributed by atoms with van der Waals surface area (Å²) >= 11 is 1.16. The van der Waals surface area contributed by atoms with E-state index < -0.39 is 53.6 Å². The number of ether oxygens (including phenoxy) is 5. The minimum absolute atomic E-state index is 0.170. The number of unbranched alkanes of at least 4 members (excludes halogenated alkanes) is 2. The third-order valence-electron chi connectivity index (χ3n) is 6.46. The van der Waals surface area contributed by atoms with Crippen LogP contribution in [0.1, 0.15) is 65.3 Å². The lowest BCUT2D eigenvalue weighted by molar-refractivity contribution is -0.211. The predicted molar refractivity (Wildman–Crippen MR) is 155 cm³/mol. The Balaban J connectivity index is 1.96. The number of carbonyl (C=O) groups excluding carboxylic acids is 4. The van der Waals surface area contributed by atoms with Crippen LogP contribution in [0.2, 0.25) is 0 Å². The summed E-state index contributed by atoms with van der Waals surface area (Å²) in [6.45, 7) is 9.54. The zero-order valence-corrected chi connectivity index (χ0v) is 26.2. The molecular weight excluding hydrogens is 580 g/mol. The van der Waals surface area contributed by atoms with Gasteiger partial charge in [0.05, 0.1) is 0 Å². The molecule has 1 amide bonds. The Morgan fingerprint density at radius 2 is 1.63 bits per heavy atom. The largest absolute Gasteiger partial charge is 0.486 e. The molecular formula is C29H40N4O9S. The fourth-order valence-electron chi connectivity index (χ4n) is 4.54. The molecule has 2 aromatic rings. The Morgan fingerprint density at radius 1 is 0.953 bits per heavy atom. The smallest absolute Gasteiger partial charge is 0.303 e. The van der Waals surface area contributed by atoms with Gasteiger partial charge in [0.15, 0.2) is 23.2 Å². The third-order valence-corrected chi connectivity index (χ3v) is 7.61. The van der Waals surface area contributed by atoms with Crippen LogP contribution in [0.5, 0.6) is 5.75 Å². The van der Waals surface area contributed by atoms with E-state index in [0.717, 1.165) is 36.6 Å². The first-order chi connectivity index (χ1) is 20.5. The van der Waals surface area contributed by atoms with Crippen molar-refractivity contribution in [2.75, 3.05) is 6.61 Å². The van der Waals surface area contributed by atoms with Gasteiger partial charge >= 0.3 is 17.9 Å². The number of rotatable bonds is 14. The Hall–Kier alpha value is -3.65. The average molecular weight is 621 g/mol. The zero-order valence-electron chi connectivity index (χ0n) is 25.4. The molecule has 1 aliphatic heterocycles. The highest BCUT2D eigenvalue weighted by Gasteiger charge is 2.51. The topological polar surface area (TPSA) is 157 Å². The van der Waals surface area contributed by atoms with Crippen LogP contribution < -0.4 is 10.1 Å². The molecule has 1 aliphatic rings. The number of carbonyl (C=O) groups is 4. The third kappa shape index (κ3) is 10.2. The van der Waals surface area contributed by atoms with Crippen molar-refractivity contribution in [1.29, 1.82) is 0 Å². The van der Waals surface area contributed by atoms with Crippen LogP contribution in [0.25, 0.3) is 0 Å². The molecule has 0 saturated carbocycles. The van der Waals surface area contributed by atoms with Crippen LogP contribution in [-0.2, 0) is 51.3 Å². The fraction of sp³-hybridized carbons (Fsp3) is 0.586. The van der Waals surface area contributed by atoms with Gasteiger partial charge in [-0.2, -0.15) is 0 Å². The normalized spacial score (nSPS) is 21.5. The maximum Gasteiger partial charge on any atom is 0.303 e. The predicted octanol–water partition coefficient (Wildman–Crippen LogP) is 3.10.